The minimum atomic E-state index is -0.579. The minimum Gasteiger partial charge on any atom is -0.390 e. The SMILES string of the molecule is COCCNC(=O)CCC12CCC(C)(O)CC1C(C)(C)CC2NCC1CCCCC1. The van der Waals surface area contributed by atoms with E-state index in [0.29, 0.717) is 31.5 Å². The number of amides is 1. The molecule has 4 atom stereocenters. The first kappa shape index (κ1) is 24.0. The summed E-state index contributed by atoms with van der Waals surface area (Å²) < 4.78 is 5.06. The molecule has 3 fully saturated rings. The van der Waals surface area contributed by atoms with Crippen LogP contribution in [0.3, 0.4) is 0 Å². The van der Waals surface area contributed by atoms with E-state index >= 15 is 0 Å². The molecule has 3 aliphatic carbocycles. The van der Waals surface area contributed by atoms with Crippen molar-refractivity contribution in [3.63, 3.8) is 0 Å². The maximum Gasteiger partial charge on any atom is 0.220 e. The second-order valence-electron chi connectivity index (χ2n) is 11.5. The zero-order valence-electron chi connectivity index (χ0n) is 19.9. The van der Waals surface area contributed by atoms with Gasteiger partial charge < -0.3 is 20.5 Å². The molecule has 0 aromatic heterocycles. The lowest BCUT2D eigenvalue weighted by atomic mass is 9.57. The van der Waals surface area contributed by atoms with Crippen LogP contribution >= 0.6 is 0 Å². The zero-order valence-corrected chi connectivity index (χ0v) is 19.9. The summed E-state index contributed by atoms with van der Waals surface area (Å²) in [6, 6.07) is 0.447. The van der Waals surface area contributed by atoms with Gasteiger partial charge in [0.15, 0.2) is 0 Å². The van der Waals surface area contributed by atoms with E-state index in [1.54, 1.807) is 7.11 Å². The summed E-state index contributed by atoms with van der Waals surface area (Å²) >= 11 is 0. The van der Waals surface area contributed by atoms with Crippen LogP contribution in [0.4, 0.5) is 0 Å². The van der Waals surface area contributed by atoms with Crippen molar-refractivity contribution < 1.29 is 14.6 Å². The molecule has 0 heterocycles. The van der Waals surface area contributed by atoms with E-state index in [2.05, 4.69) is 24.5 Å². The predicted octanol–water partition coefficient (Wildman–Crippen LogP) is 4.04. The summed E-state index contributed by atoms with van der Waals surface area (Å²) in [4.78, 5) is 12.5. The van der Waals surface area contributed by atoms with Gasteiger partial charge >= 0.3 is 0 Å². The van der Waals surface area contributed by atoms with E-state index in [4.69, 9.17) is 4.74 Å². The summed E-state index contributed by atoms with van der Waals surface area (Å²) in [6.07, 6.45) is 12.2. The Balaban J connectivity index is 1.71. The third-order valence-electron chi connectivity index (χ3n) is 8.66. The Bertz CT molecular complexity index is 571. The summed E-state index contributed by atoms with van der Waals surface area (Å²) in [7, 11) is 1.66. The Labute approximate surface area is 184 Å². The number of hydrogen-bond acceptors (Lipinski definition) is 4. The van der Waals surface area contributed by atoms with E-state index < -0.39 is 5.60 Å². The molecular formula is C25H46N2O3. The summed E-state index contributed by atoms with van der Waals surface area (Å²) in [5, 5.41) is 17.9. The highest BCUT2D eigenvalue weighted by Gasteiger charge is 2.61. The maximum atomic E-state index is 12.5. The largest absolute Gasteiger partial charge is 0.390 e. The van der Waals surface area contributed by atoms with Gasteiger partial charge in [-0.1, -0.05) is 33.1 Å². The number of aliphatic hydroxyl groups is 1. The van der Waals surface area contributed by atoms with Crippen LogP contribution in [0.25, 0.3) is 0 Å². The molecule has 5 heteroatoms. The Kier molecular flexibility index (Phi) is 7.90. The Morgan fingerprint density at radius 2 is 1.83 bits per heavy atom. The lowest BCUT2D eigenvalue weighted by Gasteiger charge is -2.51. The number of carbonyl (C=O) groups excluding carboxylic acids is 1. The molecule has 0 aliphatic heterocycles. The highest BCUT2D eigenvalue weighted by atomic mass is 16.5. The normalized spacial score (nSPS) is 36.4. The minimum absolute atomic E-state index is 0.110. The highest BCUT2D eigenvalue weighted by Crippen LogP contribution is 2.63. The Morgan fingerprint density at radius 1 is 1.10 bits per heavy atom. The topological polar surface area (TPSA) is 70.6 Å². The van der Waals surface area contributed by atoms with Crippen molar-refractivity contribution in [2.24, 2.45) is 22.7 Å². The van der Waals surface area contributed by atoms with Crippen LogP contribution in [-0.2, 0) is 9.53 Å². The number of methoxy groups -OCH3 is 1. The zero-order chi connectivity index (χ0) is 21.8. The number of ether oxygens (including phenoxy) is 1. The fraction of sp³-hybridized carbons (Fsp3) is 0.960. The quantitative estimate of drug-likeness (QED) is 0.491. The lowest BCUT2D eigenvalue weighted by Crippen LogP contribution is -2.52. The van der Waals surface area contributed by atoms with E-state index in [-0.39, 0.29) is 16.7 Å². The number of nitrogens with one attached hydrogen (secondary N) is 2. The van der Waals surface area contributed by atoms with Crippen LogP contribution < -0.4 is 10.6 Å². The van der Waals surface area contributed by atoms with Crippen molar-refractivity contribution in [3.8, 4) is 0 Å². The Hall–Kier alpha value is -0.650. The van der Waals surface area contributed by atoms with Crippen LogP contribution in [0.1, 0.15) is 91.4 Å². The fourth-order valence-electron chi connectivity index (χ4n) is 6.94. The fourth-order valence-corrected chi connectivity index (χ4v) is 6.94. The third-order valence-corrected chi connectivity index (χ3v) is 8.66. The van der Waals surface area contributed by atoms with Crippen molar-refractivity contribution in [2.75, 3.05) is 26.8 Å². The third kappa shape index (κ3) is 5.58. The van der Waals surface area contributed by atoms with E-state index in [1.807, 2.05) is 6.92 Å². The van der Waals surface area contributed by atoms with Gasteiger partial charge in [-0.05, 0) is 81.1 Å². The molecule has 0 radical (unpaired) electrons. The molecule has 3 saturated carbocycles. The predicted molar refractivity (Wildman–Crippen MR) is 121 cm³/mol. The molecule has 3 N–H and O–H groups in total. The van der Waals surface area contributed by atoms with Crippen LogP contribution in [-0.4, -0.2) is 49.5 Å². The van der Waals surface area contributed by atoms with Gasteiger partial charge in [-0.15, -0.1) is 0 Å². The summed E-state index contributed by atoms with van der Waals surface area (Å²) in [5.74, 6) is 1.39. The first-order valence-electron chi connectivity index (χ1n) is 12.4. The van der Waals surface area contributed by atoms with Crippen LogP contribution in [0, 0.1) is 22.7 Å². The monoisotopic (exact) mass is 422 g/mol. The second-order valence-corrected chi connectivity index (χ2v) is 11.5. The van der Waals surface area contributed by atoms with E-state index in [1.165, 1.54) is 32.1 Å². The lowest BCUT2D eigenvalue weighted by molar-refractivity contribution is -0.123. The van der Waals surface area contributed by atoms with Gasteiger partial charge in [0, 0.05) is 26.1 Å². The average molecular weight is 423 g/mol. The molecule has 1 amide bonds. The van der Waals surface area contributed by atoms with Crippen LogP contribution in [0.15, 0.2) is 0 Å². The molecule has 3 rings (SSSR count). The van der Waals surface area contributed by atoms with Gasteiger partial charge in [0.05, 0.1) is 12.2 Å². The summed E-state index contributed by atoms with van der Waals surface area (Å²) in [5.41, 5.74) is -0.287. The average Bonchev–Trinajstić information content (AvgIpc) is 2.92. The van der Waals surface area contributed by atoms with Gasteiger partial charge in [0.2, 0.25) is 5.91 Å². The molecule has 3 aliphatic rings. The van der Waals surface area contributed by atoms with Crippen LogP contribution in [0.5, 0.6) is 0 Å². The molecule has 0 aromatic rings. The van der Waals surface area contributed by atoms with Gasteiger partial charge in [-0.2, -0.15) is 0 Å². The van der Waals surface area contributed by atoms with E-state index in [0.717, 1.165) is 44.6 Å². The number of rotatable bonds is 9. The second kappa shape index (κ2) is 9.87. The molecule has 30 heavy (non-hydrogen) atoms. The van der Waals surface area contributed by atoms with Crippen molar-refractivity contribution >= 4 is 5.91 Å². The van der Waals surface area contributed by atoms with Gasteiger partial charge in [0.1, 0.15) is 0 Å². The first-order valence-corrected chi connectivity index (χ1v) is 12.4. The Morgan fingerprint density at radius 3 is 2.53 bits per heavy atom. The molecule has 0 saturated heterocycles. The highest BCUT2D eigenvalue weighted by molar-refractivity contribution is 5.75. The number of carbonyl (C=O) groups is 1. The number of hydrogen-bond donors (Lipinski definition) is 3. The molecule has 4 unspecified atom stereocenters. The molecule has 0 bridgehead atoms. The van der Waals surface area contributed by atoms with Crippen LogP contribution in [0.2, 0.25) is 0 Å². The molecule has 174 valence electrons. The molecule has 5 nitrogen and oxygen atoms in total. The van der Waals surface area contributed by atoms with Crippen molar-refractivity contribution in [1.29, 1.82) is 0 Å². The van der Waals surface area contributed by atoms with Crippen molar-refractivity contribution in [3.05, 3.63) is 0 Å². The molecule has 0 spiro atoms. The van der Waals surface area contributed by atoms with E-state index in [9.17, 15) is 9.90 Å². The first-order chi connectivity index (χ1) is 14.2. The number of fused-ring (bicyclic) bond motifs is 1. The smallest absolute Gasteiger partial charge is 0.220 e. The van der Waals surface area contributed by atoms with Crippen molar-refractivity contribution in [2.45, 2.75) is 103 Å². The maximum absolute atomic E-state index is 12.5. The van der Waals surface area contributed by atoms with Crippen molar-refractivity contribution in [1.82, 2.24) is 10.6 Å². The van der Waals surface area contributed by atoms with Gasteiger partial charge in [-0.3, -0.25) is 4.79 Å². The summed E-state index contributed by atoms with van der Waals surface area (Å²) in [6.45, 7) is 9.03. The van der Waals surface area contributed by atoms with Gasteiger partial charge in [0.25, 0.3) is 0 Å². The molecular weight excluding hydrogens is 376 g/mol. The standard InChI is InChI=1S/C25H46N2O3/c1-23(2)17-21(27-18-19-8-6-5-7-9-19)25(11-10-22(28)26-14-15-30-4)13-12-24(3,29)16-20(23)25/h19-21,27,29H,5-18H2,1-4H3,(H,26,28). The van der Waals surface area contributed by atoms with Gasteiger partial charge in [-0.25, -0.2) is 0 Å². The molecule has 0 aromatic carbocycles.